The molecule has 1 aliphatic rings. The average molecular weight is 330 g/mol. The molecule has 1 N–H and O–H groups in total. The van der Waals surface area contributed by atoms with Crippen molar-refractivity contribution in [2.75, 3.05) is 19.0 Å². The Labute approximate surface area is 120 Å². The van der Waals surface area contributed by atoms with E-state index in [4.69, 9.17) is 9.47 Å². The first-order valence-corrected chi connectivity index (χ1v) is 7.13. The van der Waals surface area contributed by atoms with Gasteiger partial charge in [-0.1, -0.05) is 22.0 Å². The smallest absolute Gasteiger partial charge is 0.409 e. The van der Waals surface area contributed by atoms with Crippen molar-refractivity contribution >= 4 is 22.0 Å². The highest BCUT2D eigenvalue weighted by atomic mass is 79.9. The number of carbonyl (C=O) groups is 1. The van der Waals surface area contributed by atoms with E-state index in [2.05, 4.69) is 15.9 Å². The van der Waals surface area contributed by atoms with Crippen LogP contribution in [0.2, 0.25) is 0 Å². The van der Waals surface area contributed by atoms with Crippen LogP contribution >= 0.6 is 15.9 Å². The summed E-state index contributed by atoms with van der Waals surface area (Å²) in [6.45, 7) is 0.865. The quantitative estimate of drug-likeness (QED) is 0.666. The second-order valence-electron chi connectivity index (χ2n) is 4.24. The van der Waals surface area contributed by atoms with Crippen molar-refractivity contribution in [3.8, 4) is 5.75 Å². The summed E-state index contributed by atoms with van der Waals surface area (Å²) in [5, 5.41) is 10.1. The molecule has 2 rings (SSSR count). The number of carboxylic acid groups (broad SMARTS) is 1. The van der Waals surface area contributed by atoms with Gasteiger partial charge < -0.3 is 14.6 Å². The van der Waals surface area contributed by atoms with Crippen LogP contribution in [0.1, 0.15) is 23.8 Å². The number of alkyl halides is 1. The molecule has 1 atom stereocenters. The highest BCUT2D eigenvalue weighted by Gasteiger charge is 2.34. The highest BCUT2D eigenvalue weighted by molar-refractivity contribution is 9.09. The second-order valence-corrected chi connectivity index (χ2v) is 5.03. The van der Waals surface area contributed by atoms with Gasteiger partial charge in [0.2, 0.25) is 0 Å². The standard InChI is InChI=1S/C13H16BrNO4/c1-18-10-4-3-9-8-15(13(16)17)12(11(9)7-10)19-6-2-5-14/h3-4,7,12H,2,5-6,8H2,1H3,(H,16,17). The zero-order valence-electron chi connectivity index (χ0n) is 10.6. The molecule has 1 amide bonds. The van der Waals surface area contributed by atoms with Crippen LogP contribution in [0, 0.1) is 0 Å². The van der Waals surface area contributed by atoms with E-state index >= 15 is 0 Å². The minimum absolute atomic E-state index is 0.355. The van der Waals surface area contributed by atoms with Crippen LogP contribution in [0.25, 0.3) is 0 Å². The molecule has 0 aliphatic carbocycles. The van der Waals surface area contributed by atoms with Gasteiger partial charge in [-0.2, -0.15) is 0 Å². The number of amides is 1. The lowest BCUT2D eigenvalue weighted by Crippen LogP contribution is -2.29. The minimum Gasteiger partial charge on any atom is -0.497 e. The number of ether oxygens (including phenoxy) is 2. The predicted octanol–water partition coefficient (Wildman–Crippen LogP) is 2.99. The van der Waals surface area contributed by atoms with Crippen LogP contribution in [0.5, 0.6) is 5.75 Å². The largest absolute Gasteiger partial charge is 0.497 e. The van der Waals surface area contributed by atoms with E-state index in [1.165, 1.54) is 4.90 Å². The average Bonchev–Trinajstić information content (AvgIpc) is 2.77. The molecule has 5 nitrogen and oxygen atoms in total. The van der Waals surface area contributed by atoms with Crippen LogP contribution in [0.15, 0.2) is 18.2 Å². The Kier molecular flexibility index (Phi) is 4.66. The molecule has 19 heavy (non-hydrogen) atoms. The summed E-state index contributed by atoms with van der Waals surface area (Å²) in [5.41, 5.74) is 1.84. The lowest BCUT2D eigenvalue weighted by molar-refractivity contribution is -0.0416. The van der Waals surface area contributed by atoms with Crippen molar-refractivity contribution in [2.24, 2.45) is 0 Å². The molecule has 1 aromatic rings. The Morgan fingerprint density at radius 3 is 3.00 bits per heavy atom. The van der Waals surface area contributed by atoms with E-state index in [0.717, 1.165) is 22.9 Å². The lowest BCUT2D eigenvalue weighted by Gasteiger charge is -2.22. The third-order valence-electron chi connectivity index (χ3n) is 3.04. The Hall–Kier alpha value is -1.27. The van der Waals surface area contributed by atoms with E-state index in [1.807, 2.05) is 18.2 Å². The van der Waals surface area contributed by atoms with Gasteiger partial charge in [-0.25, -0.2) is 4.79 Å². The fourth-order valence-electron chi connectivity index (χ4n) is 2.11. The van der Waals surface area contributed by atoms with Crippen molar-refractivity contribution in [3.63, 3.8) is 0 Å². The summed E-state index contributed by atoms with van der Waals surface area (Å²) in [4.78, 5) is 12.6. The number of halogens is 1. The molecule has 1 unspecified atom stereocenters. The van der Waals surface area contributed by atoms with Crippen molar-refractivity contribution < 1.29 is 19.4 Å². The Balaban J connectivity index is 2.23. The Bertz CT molecular complexity index is 466. The number of hydrogen-bond donors (Lipinski definition) is 1. The maximum absolute atomic E-state index is 11.3. The molecule has 6 heteroatoms. The third kappa shape index (κ3) is 3.01. The SMILES string of the molecule is COc1ccc2c(c1)C(OCCCBr)N(C(=O)O)C2. The van der Waals surface area contributed by atoms with Gasteiger partial charge in [0.15, 0.2) is 6.23 Å². The monoisotopic (exact) mass is 329 g/mol. The zero-order valence-corrected chi connectivity index (χ0v) is 12.2. The highest BCUT2D eigenvalue weighted by Crippen LogP contribution is 2.36. The number of hydrogen-bond acceptors (Lipinski definition) is 3. The van der Waals surface area contributed by atoms with E-state index in [0.29, 0.717) is 18.9 Å². The molecule has 0 saturated heterocycles. The Morgan fingerprint density at radius 2 is 2.37 bits per heavy atom. The normalized spacial score (nSPS) is 17.4. The molecular formula is C13H16BrNO4. The zero-order chi connectivity index (χ0) is 13.8. The van der Waals surface area contributed by atoms with Crippen molar-refractivity contribution in [1.82, 2.24) is 4.90 Å². The van der Waals surface area contributed by atoms with Crippen LogP contribution in [0.4, 0.5) is 4.79 Å². The molecule has 1 aromatic carbocycles. The maximum Gasteiger partial charge on any atom is 0.409 e. The van der Waals surface area contributed by atoms with Gasteiger partial charge in [0.05, 0.1) is 20.3 Å². The number of benzene rings is 1. The summed E-state index contributed by atoms with van der Waals surface area (Å²) >= 11 is 3.33. The molecular weight excluding hydrogens is 314 g/mol. The van der Waals surface area contributed by atoms with Crippen molar-refractivity contribution in [1.29, 1.82) is 0 Å². The van der Waals surface area contributed by atoms with Gasteiger partial charge in [-0.15, -0.1) is 0 Å². The molecule has 1 aliphatic heterocycles. The molecule has 0 bridgehead atoms. The van der Waals surface area contributed by atoms with E-state index in [9.17, 15) is 9.90 Å². The van der Waals surface area contributed by atoms with Gasteiger partial charge in [0.1, 0.15) is 5.75 Å². The molecule has 0 saturated carbocycles. The topological polar surface area (TPSA) is 59.0 Å². The van der Waals surface area contributed by atoms with Gasteiger partial charge in [0, 0.05) is 10.9 Å². The summed E-state index contributed by atoms with van der Waals surface area (Å²) < 4.78 is 10.9. The van der Waals surface area contributed by atoms with Crippen molar-refractivity contribution in [2.45, 2.75) is 19.2 Å². The first-order chi connectivity index (χ1) is 9.17. The van der Waals surface area contributed by atoms with Gasteiger partial charge in [-0.3, -0.25) is 4.90 Å². The van der Waals surface area contributed by atoms with Gasteiger partial charge >= 0.3 is 6.09 Å². The molecule has 1 heterocycles. The lowest BCUT2D eigenvalue weighted by atomic mass is 10.1. The molecule has 0 fully saturated rings. The van der Waals surface area contributed by atoms with E-state index in [1.54, 1.807) is 7.11 Å². The summed E-state index contributed by atoms with van der Waals surface area (Å²) in [6, 6.07) is 5.56. The number of nitrogens with zero attached hydrogens (tertiary/aromatic N) is 1. The second kappa shape index (κ2) is 6.25. The first-order valence-electron chi connectivity index (χ1n) is 6.01. The van der Waals surface area contributed by atoms with Crippen LogP contribution in [-0.2, 0) is 11.3 Å². The van der Waals surface area contributed by atoms with E-state index in [-0.39, 0.29) is 0 Å². The molecule has 0 spiro atoms. The van der Waals surface area contributed by atoms with Crippen LogP contribution in [-0.4, -0.2) is 35.1 Å². The van der Waals surface area contributed by atoms with E-state index < -0.39 is 12.3 Å². The van der Waals surface area contributed by atoms with Crippen LogP contribution in [0.3, 0.4) is 0 Å². The molecule has 104 valence electrons. The number of rotatable bonds is 5. The van der Waals surface area contributed by atoms with Crippen LogP contribution < -0.4 is 4.74 Å². The van der Waals surface area contributed by atoms with Gasteiger partial charge in [-0.05, 0) is 24.1 Å². The minimum atomic E-state index is -0.973. The summed E-state index contributed by atoms with van der Waals surface area (Å²) in [5.74, 6) is 0.708. The Morgan fingerprint density at radius 1 is 1.58 bits per heavy atom. The third-order valence-corrected chi connectivity index (χ3v) is 3.60. The van der Waals surface area contributed by atoms with Gasteiger partial charge in [0.25, 0.3) is 0 Å². The maximum atomic E-state index is 11.3. The molecule has 0 aromatic heterocycles. The predicted molar refractivity (Wildman–Crippen MR) is 73.7 cm³/mol. The summed E-state index contributed by atoms with van der Waals surface area (Å²) in [7, 11) is 1.59. The molecule has 0 radical (unpaired) electrons. The fraction of sp³-hybridized carbons (Fsp3) is 0.462. The fourth-order valence-corrected chi connectivity index (χ4v) is 2.33. The van der Waals surface area contributed by atoms with Crippen molar-refractivity contribution in [3.05, 3.63) is 29.3 Å². The number of methoxy groups -OCH3 is 1. The first kappa shape index (κ1) is 14.1. The number of fused-ring (bicyclic) bond motifs is 1. The summed E-state index contributed by atoms with van der Waals surface area (Å²) in [6.07, 6.45) is -0.677.